The van der Waals surface area contributed by atoms with Gasteiger partial charge in [-0.15, -0.1) is 11.3 Å². The minimum absolute atomic E-state index is 0.259. The van der Waals surface area contributed by atoms with Crippen molar-refractivity contribution in [2.24, 2.45) is 10.1 Å². The zero-order valence-electron chi connectivity index (χ0n) is 14.1. The Morgan fingerprint density at radius 3 is 2.77 bits per heavy atom. The zero-order chi connectivity index (χ0) is 17.9. The van der Waals surface area contributed by atoms with Gasteiger partial charge in [-0.2, -0.15) is 5.10 Å². The topological polar surface area (TPSA) is 48.1 Å². The van der Waals surface area contributed by atoms with Gasteiger partial charge in [0.15, 0.2) is 11.5 Å². The van der Waals surface area contributed by atoms with Crippen LogP contribution in [0.2, 0.25) is 5.02 Å². The molecule has 7 heteroatoms. The number of benzene rings is 2. The predicted molar refractivity (Wildman–Crippen MR) is 104 cm³/mol. The van der Waals surface area contributed by atoms with Crippen molar-refractivity contribution < 1.29 is 9.47 Å². The third-order valence-corrected chi connectivity index (χ3v) is 4.94. The van der Waals surface area contributed by atoms with E-state index in [0.29, 0.717) is 11.6 Å². The highest BCUT2D eigenvalue weighted by Gasteiger charge is 2.13. The quantitative estimate of drug-likeness (QED) is 0.625. The van der Waals surface area contributed by atoms with Crippen molar-refractivity contribution in [3.8, 4) is 22.8 Å². The number of nitrogens with zero attached hydrogens (tertiary/aromatic N) is 3. The Labute approximate surface area is 159 Å². The Morgan fingerprint density at radius 1 is 1.15 bits per heavy atom. The molecule has 26 heavy (non-hydrogen) atoms. The molecule has 1 aromatic heterocycles. The summed E-state index contributed by atoms with van der Waals surface area (Å²) >= 11 is 7.57. The third kappa shape index (κ3) is 3.38. The molecule has 4 rings (SSSR count). The van der Waals surface area contributed by atoms with Gasteiger partial charge >= 0.3 is 0 Å². The average molecular weight is 386 g/mol. The first-order chi connectivity index (χ1) is 12.7. The number of rotatable bonds is 4. The highest BCUT2D eigenvalue weighted by molar-refractivity contribution is 7.07. The molecule has 0 radical (unpaired) electrons. The minimum Gasteiger partial charge on any atom is -0.454 e. The first kappa shape index (κ1) is 16.9. The normalized spacial score (nSPS) is 13.7. The molecule has 132 valence electrons. The van der Waals surface area contributed by atoms with Crippen LogP contribution in [0.4, 0.5) is 0 Å². The maximum Gasteiger partial charge on any atom is 0.231 e. The third-order valence-electron chi connectivity index (χ3n) is 3.84. The Bertz CT molecular complexity index is 1020. The van der Waals surface area contributed by atoms with Gasteiger partial charge < -0.3 is 9.47 Å². The van der Waals surface area contributed by atoms with Crippen LogP contribution in [0.3, 0.4) is 0 Å². The number of hydrogen-bond acceptors (Lipinski definition) is 5. The first-order valence-corrected chi connectivity index (χ1v) is 9.41. The van der Waals surface area contributed by atoms with Gasteiger partial charge in [0.25, 0.3) is 0 Å². The van der Waals surface area contributed by atoms with E-state index in [2.05, 4.69) is 15.5 Å². The molecule has 2 heterocycles. The molecule has 0 unspecified atom stereocenters. The summed E-state index contributed by atoms with van der Waals surface area (Å²) in [6.45, 7) is 2.96. The second-order valence-electron chi connectivity index (χ2n) is 5.55. The molecule has 0 aliphatic carbocycles. The maximum absolute atomic E-state index is 6.01. The fourth-order valence-electron chi connectivity index (χ4n) is 2.59. The minimum atomic E-state index is 0.259. The van der Waals surface area contributed by atoms with Crippen LogP contribution in [-0.2, 0) is 0 Å². The predicted octanol–water partition coefficient (Wildman–Crippen LogP) is 4.40. The van der Waals surface area contributed by atoms with E-state index in [1.54, 1.807) is 17.6 Å². The van der Waals surface area contributed by atoms with Crippen LogP contribution in [0.5, 0.6) is 11.5 Å². The highest BCUT2D eigenvalue weighted by atomic mass is 35.5. The molecule has 2 aromatic carbocycles. The summed E-state index contributed by atoms with van der Waals surface area (Å²) in [6, 6.07) is 13.5. The van der Waals surface area contributed by atoms with Crippen LogP contribution < -0.4 is 14.3 Å². The van der Waals surface area contributed by atoms with Gasteiger partial charge in [0, 0.05) is 22.5 Å². The van der Waals surface area contributed by atoms with E-state index < -0.39 is 0 Å². The SMILES string of the molecule is CCN=c1scc(-c2ccc(Cl)cc2)n1N=Cc1ccc2c(c1)OCO2. The maximum atomic E-state index is 6.01. The van der Waals surface area contributed by atoms with E-state index in [4.69, 9.17) is 21.1 Å². The Hall–Kier alpha value is -2.57. The zero-order valence-corrected chi connectivity index (χ0v) is 15.6. The van der Waals surface area contributed by atoms with Gasteiger partial charge in [0.1, 0.15) is 0 Å². The summed E-state index contributed by atoms with van der Waals surface area (Å²) < 4.78 is 12.6. The van der Waals surface area contributed by atoms with Crippen molar-refractivity contribution in [3.05, 3.63) is 63.2 Å². The Kier molecular flexibility index (Phi) is 4.77. The summed E-state index contributed by atoms with van der Waals surface area (Å²) in [7, 11) is 0. The Balaban J connectivity index is 1.73. The first-order valence-electron chi connectivity index (χ1n) is 8.15. The largest absolute Gasteiger partial charge is 0.454 e. The van der Waals surface area contributed by atoms with E-state index in [1.807, 2.05) is 54.1 Å². The van der Waals surface area contributed by atoms with Crippen LogP contribution >= 0.6 is 22.9 Å². The molecule has 1 aliphatic heterocycles. The number of ether oxygens (including phenoxy) is 2. The lowest BCUT2D eigenvalue weighted by atomic mass is 10.2. The van der Waals surface area contributed by atoms with Crippen molar-refractivity contribution in [1.29, 1.82) is 0 Å². The van der Waals surface area contributed by atoms with E-state index in [-0.39, 0.29) is 6.79 Å². The number of fused-ring (bicyclic) bond motifs is 1. The van der Waals surface area contributed by atoms with Crippen LogP contribution in [0, 0.1) is 0 Å². The van der Waals surface area contributed by atoms with Gasteiger partial charge in [-0.05, 0) is 42.8 Å². The molecule has 1 aliphatic rings. The number of halogens is 1. The summed E-state index contributed by atoms with van der Waals surface area (Å²) in [6.07, 6.45) is 1.79. The second-order valence-corrected chi connectivity index (χ2v) is 6.83. The van der Waals surface area contributed by atoms with Crippen molar-refractivity contribution in [2.75, 3.05) is 13.3 Å². The molecule has 0 atom stereocenters. The van der Waals surface area contributed by atoms with Crippen molar-refractivity contribution in [2.45, 2.75) is 6.92 Å². The van der Waals surface area contributed by atoms with E-state index >= 15 is 0 Å². The molecular weight excluding hydrogens is 370 g/mol. The fraction of sp³-hybridized carbons (Fsp3) is 0.158. The monoisotopic (exact) mass is 385 g/mol. The van der Waals surface area contributed by atoms with Crippen LogP contribution in [0.25, 0.3) is 11.3 Å². The van der Waals surface area contributed by atoms with Crippen LogP contribution in [-0.4, -0.2) is 24.2 Å². The van der Waals surface area contributed by atoms with Gasteiger partial charge in [-0.25, -0.2) is 4.68 Å². The number of hydrogen-bond donors (Lipinski definition) is 0. The molecule has 0 N–H and O–H groups in total. The smallest absolute Gasteiger partial charge is 0.231 e. The number of aromatic nitrogens is 1. The molecular formula is C19H16ClN3O2S. The molecule has 0 amide bonds. The lowest BCUT2D eigenvalue weighted by Crippen LogP contribution is -2.12. The second kappa shape index (κ2) is 7.35. The average Bonchev–Trinajstić information content (AvgIpc) is 3.27. The van der Waals surface area contributed by atoms with Gasteiger partial charge in [-0.3, -0.25) is 4.99 Å². The summed E-state index contributed by atoms with van der Waals surface area (Å²) in [4.78, 5) is 5.38. The van der Waals surface area contributed by atoms with Gasteiger partial charge in [0.2, 0.25) is 11.6 Å². The van der Waals surface area contributed by atoms with Crippen LogP contribution in [0.1, 0.15) is 12.5 Å². The molecule has 0 bridgehead atoms. The Morgan fingerprint density at radius 2 is 1.96 bits per heavy atom. The van der Waals surface area contributed by atoms with E-state index in [1.165, 1.54) is 0 Å². The standard InChI is InChI=1S/C19H16ClN3O2S/c1-2-21-19-23(16(11-26-19)14-4-6-15(20)7-5-14)22-10-13-3-8-17-18(9-13)25-12-24-17/h3-11H,2,12H2,1H3. The molecule has 3 aromatic rings. The molecule has 0 saturated heterocycles. The van der Waals surface area contributed by atoms with Crippen molar-refractivity contribution in [3.63, 3.8) is 0 Å². The number of thiazole rings is 1. The molecule has 0 spiro atoms. The highest BCUT2D eigenvalue weighted by Crippen LogP contribution is 2.32. The van der Waals surface area contributed by atoms with Crippen LogP contribution in [0.15, 0.2) is 57.9 Å². The summed E-state index contributed by atoms with van der Waals surface area (Å²) in [5.74, 6) is 1.49. The summed E-state index contributed by atoms with van der Waals surface area (Å²) in [5, 5.41) is 7.41. The molecule has 0 fully saturated rings. The molecule has 5 nitrogen and oxygen atoms in total. The molecule has 0 saturated carbocycles. The fourth-order valence-corrected chi connectivity index (χ4v) is 3.62. The van der Waals surface area contributed by atoms with Crippen molar-refractivity contribution >= 4 is 29.2 Å². The van der Waals surface area contributed by atoms with E-state index in [9.17, 15) is 0 Å². The van der Waals surface area contributed by atoms with Gasteiger partial charge in [-0.1, -0.05) is 23.7 Å². The lowest BCUT2D eigenvalue weighted by molar-refractivity contribution is 0.174. The van der Waals surface area contributed by atoms with Crippen molar-refractivity contribution in [1.82, 2.24) is 4.68 Å². The van der Waals surface area contributed by atoms with Gasteiger partial charge in [0.05, 0.1) is 11.9 Å². The van der Waals surface area contributed by atoms with E-state index in [0.717, 1.165) is 33.1 Å². The summed E-state index contributed by atoms with van der Waals surface area (Å²) in [5.41, 5.74) is 2.93. The lowest BCUT2D eigenvalue weighted by Gasteiger charge is -2.04.